The van der Waals surface area contributed by atoms with E-state index in [1.54, 1.807) is 22.3 Å². The first-order valence-corrected chi connectivity index (χ1v) is 13.8. The summed E-state index contributed by atoms with van der Waals surface area (Å²) >= 11 is 0. The summed E-state index contributed by atoms with van der Waals surface area (Å²) in [4.78, 5) is 10.1. The maximum absolute atomic E-state index is 2.64. The largest absolute Gasteiger partial charge is 0.326 e. The molecule has 0 N–H and O–H groups in total. The zero-order valence-electron chi connectivity index (χ0n) is 21.8. The molecule has 186 valence electrons. The van der Waals surface area contributed by atoms with Crippen LogP contribution in [0, 0.1) is 11.8 Å². The van der Waals surface area contributed by atoms with Gasteiger partial charge in [-0.05, 0) is 58.4 Å². The lowest BCUT2D eigenvalue weighted by Gasteiger charge is -2.54. The Morgan fingerprint density at radius 3 is 1.13 bits per heavy atom. The number of fused-ring (bicyclic) bond motifs is 6. The van der Waals surface area contributed by atoms with Gasteiger partial charge in [0, 0.05) is 39.0 Å². The van der Waals surface area contributed by atoms with Gasteiger partial charge in [-0.25, -0.2) is 0 Å². The second-order valence-electron chi connectivity index (χ2n) is 11.5. The molecule has 6 aliphatic rings. The van der Waals surface area contributed by atoms with E-state index in [-0.39, 0.29) is 0 Å². The van der Waals surface area contributed by atoms with Crippen molar-refractivity contribution in [1.82, 2.24) is 0 Å². The molecular weight excluding hydrogens is 464 g/mol. The van der Waals surface area contributed by atoms with E-state index in [0.717, 1.165) is 13.1 Å². The maximum atomic E-state index is 2.64. The summed E-state index contributed by atoms with van der Waals surface area (Å²) in [6.45, 7) is 2.04. The highest BCUT2D eigenvalue weighted by molar-refractivity contribution is 5.89. The minimum atomic E-state index is 0.411. The van der Waals surface area contributed by atoms with Crippen molar-refractivity contribution in [1.29, 1.82) is 0 Å². The molecule has 0 unspecified atom stereocenters. The van der Waals surface area contributed by atoms with E-state index < -0.39 is 0 Å². The van der Waals surface area contributed by atoms with Crippen LogP contribution in [0.1, 0.15) is 34.1 Å². The fourth-order valence-electron chi connectivity index (χ4n) is 8.49. The maximum Gasteiger partial charge on any atom is 0.155 e. The summed E-state index contributed by atoms with van der Waals surface area (Å²) in [5.74, 6) is 4.44. The van der Waals surface area contributed by atoms with Gasteiger partial charge in [-0.1, -0.05) is 72.8 Å². The van der Waals surface area contributed by atoms with Gasteiger partial charge in [-0.3, -0.25) is 0 Å². The van der Waals surface area contributed by atoms with Crippen LogP contribution in [-0.2, 0) is 0 Å². The number of rotatable bonds is 0. The van der Waals surface area contributed by atoms with Crippen molar-refractivity contribution in [3.05, 3.63) is 131 Å². The lowest BCUT2D eigenvalue weighted by atomic mass is 9.54. The smallest absolute Gasteiger partial charge is 0.155 e. The topological polar surface area (TPSA) is 13.0 Å². The lowest BCUT2D eigenvalue weighted by molar-refractivity contribution is 0.236. The van der Waals surface area contributed by atoms with Crippen molar-refractivity contribution in [3.8, 4) is 0 Å². The van der Waals surface area contributed by atoms with Crippen LogP contribution in [0.4, 0.5) is 22.7 Å². The fraction of sp³-hybridized carbons (Fsp3) is 0.235. The highest BCUT2D eigenvalue weighted by Gasteiger charge is 2.54. The quantitative estimate of drug-likeness (QED) is 0.274. The zero-order chi connectivity index (χ0) is 25.1. The number of anilines is 4. The Labute approximate surface area is 224 Å². The van der Waals surface area contributed by atoms with Crippen molar-refractivity contribution >= 4 is 22.7 Å². The minimum absolute atomic E-state index is 0.411. The number of nitrogens with zero attached hydrogens (tertiary/aromatic N) is 4. The van der Waals surface area contributed by atoms with Gasteiger partial charge >= 0.3 is 0 Å². The summed E-state index contributed by atoms with van der Waals surface area (Å²) < 4.78 is 0. The summed E-state index contributed by atoms with van der Waals surface area (Å²) in [5.41, 5.74) is 11.4. The van der Waals surface area contributed by atoms with Crippen LogP contribution in [0.15, 0.2) is 109 Å². The Kier molecular flexibility index (Phi) is 3.96. The molecule has 0 aromatic heterocycles. The second-order valence-corrected chi connectivity index (χ2v) is 11.5. The van der Waals surface area contributed by atoms with Crippen LogP contribution in [0.2, 0.25) is 0 Å². The highest BCUT2D eigenvalue weighted by atomic mass is 15.5. The van der Waals surface area contributed by atoms with E-state index in [2.05, 4.69) is 131 Å². The van der Waals surface area contributed by atoms with Crippen LogP contribution < -0.4 is 19.6 Å². The summed E-state index contributed by atoms with van der Waals surface area (Å²) in [5, 5.41) is 0. The molecule has 4 aromatic carbocycles. The SMILES string of the molecule is CN1C2=C3N(C)c4ccccc4N3C[C@H]3C4c5ccccc5C(c5ccccc54)[C@@H]3CN2c2ccccc21. The molecular formula is C34H30N4. The van der Waals surface area contributed by atoms with E-state index in [1.807, 2.05) is 0 Å². The van der Waals surface area contributed by atoms with Gasteiger partial charge in [-0.2, -0.15) is 0 Å². The first kappa shape index (κ1) is 20.8. The Morgan fingerprint density at radius 2 is 0.763 bits per heavy atom. The third kappa shape index (κ3) is 2.42. The average Bonchev–Trinajstić information content (AvgIpc) is 3.37. The number of hydrogen-bond donors (Lipinski definition) is 0. The van der Waals surface area contributed by atoms with Gasteiger partial charge in [-0.15, -0.1) is 0 Å². The monoisotopic (exact) mass is 494 g/mol. The predicted octanol–water partition coefficient (Wildman–Crippen LogP) is 6.56. The highest BCUT2D eigenvalue weighted by Crippen LogP contribution is 2.61. The standard InChI is InChI=1S/C34H30N4/c1-35-27-15-7-9-17-29(27)37-19-25-26(20-38-30-18-10-8-16-28(30)36(2)34(38)33(35)37)32-23-13-5-3-11-21(23)31(25)22-12-4-6-14-24(22)32/h3-18,25-26,31-32H,19-20H2,1-2H3/t25-,26-,31?,32?/m1/s1. The number of hydrogen-bond acceptors (Lipinski definition) is 4. The lowest BCUT2D eigenvalue weighted by Crippen LogP contribution is -2.52. The van der Waals surface area contributed by atoms with Crippen molar-refractivity contribution in [2.45, 2.75) is 11.8 Å². The van der Waals surface area contributed by atoms with Crippen LogP contribution in [0.25, 0.3) is 0 Å². The van der Waals surface area contributed by atoms with Crippen LogP contribution in [0.5, 0.6) is 0 Å². The molecule has 0 saturated heterocycles. The molecule has 0 saturated carbocycles. The van der Waals surface area contributed by atoms with Crippen LogP contribution in [-0.4, -0.2) is 27.2 Å². The van der Waals surface area contributed by atoms with Crippen LogP contribution >= 0.6 is 0 Å². The zero-order valence-corrected chi connectivity index (χ0v) is 21.8. The predicted molar refractivity (Wildman–Crippen MR) is 155 cm³/mol. The fourth-order valence-corrected chi connectivity index (χ4v) is 8.49. The van der Waals surface area contributed by atoms with Crippen molar-refractivity contribution in [3.63, 3.8) is 0 Å². The third-order valence-corrected chi connectivity index (χ3v) is 9.94. The molecule has 3 aliphatic carbocycles. The molecule has 4 nitrogen and oxygen atoms in total. The molecule has 0 fully saturated rings. The summed E-state index contributed by atoms with van der Waals surface area (Å²) in [6.07, 6.45) is 0. The Morgan fingerprint density at radius 1 is 0.447 bits per heavy atom. The van der Waals surface area contributed by atoms with Crippen LogP contribution in [0.3, 0.4) is 0 Å². The first-order valence-electron chi connectivity index (χ1n) is 13.8. The number of para-hydroxylation sites is 4. The van der Waals surface area contributed by atoms with E-state index >= 15 is 0 Å². The van der Waals surface area contributed by atoms with Gasteiger partial charge in [0.2, 0.25) is 0 Å². The second kappa shape index (κ2) is 7.22. The van der Waals surface area contributed by atoms with Gasteiger partial charge in [0.05, 0.1) is 22.7 Å². The Bertz CT molecular complexity index is 1500. The molecule has 2 bridgehead atoms. The van der Waals surface area contributed by atoms with E-state index in [9.17, 15) is 0 Å². The van der Waals surface area contributed by atoms with E-state index in [4.69, 9.17) is 0 Å². The third-order valence-electron chi connectivity index (χ3n) is 9.94. The van der Waals surface area contributed by atoms with Gasteiger partial charge in [0.15, 0.2) is 11.6 Å². The molecule has 0 amide bonds. The molecule has 4 heteroatoms. The van der Waals surface area contributed by atoms with Crippen molar-refractivity contribution in [2.24, 2.45) is 11.8 Å². The molecule has 38 heavy (non-hydrogen) atoms. The van der Waals surface area contributed by atoms with E-state index in [1.165, 1.54) is 34.4 Å². The molecule has 2 atom stereocenters. The van der Waals surface area contributed by atoms with E-state index in [0.29, 0.717) is 23.7 Å². The van der Waals surface area contributed by atoms with Gasteiger partial charge < -0.3 is 19.6 Å². The molecule has 3 aliphatic heterocycles. The molecule has 10 rings (SSSR count). The number of benzene rings is 4. The van der Waals surface area contributed by atoms with Gasteiger partial charge in [0.1, 0.15) is 0 Å². The Balaban J connectivity index is 1.33. The summed E-state index contributed by atoms with van der Waals surface area (Å²) in [6, 6.07) is 36.5. The van der Waals surface area contributed by atoms with Gasteiger partial charge in [0.25, 0.3) is 0 Å². The average molecular weight is 495 g/mol. The normalized spacial score (nSPS) is 25.6. The Hall–Kier alpha value is -4.18. The summed E-state index contributed by atoms with van der Waals surface area (Å²) in [7, 11) is 4.49. The molecule has 0 spiro atoms. The first-order chi connectivity index (χ1) is 18.7. The van der Waals surface area contributed by atoms with Crippen molar-refractivity contribution in [2.75, 3.05) is 46.8 Å². The van der Waals surface area contributed by atoms with Crippen molar-refractivity contribution < 1.29 is 0 Å². The molecule has 4 aromatic rings. The molecule has 0 radical (unpaired) electrons. The molecule has 3 heterocycles. The minimum Gasteiger partial charge on any atom is -0.326 e.